The van der Waals surface area contributed by atoms with Crippen LogP contribution in [0, 0.1) is 0 Å². The quantitative estimate of drug-likeness (QED) is 0.868. The molecule has 0 heterocycles. The van der Waals surface area contributed by atoms with E-state index in [1.165, 1.54) is 0 Å². The zero-order chi connectivity index (χ0) is 17.0. The minimum atomic E-state index is -3.60. The summed E-state index contributed by atoms with van der Waals surface area (Å²) in [5.74, 6) is 1.35. The number of benzene rings is 2. The number of ether oxygens (including phenoxy) is 1. The van der Waals surface area contributed by atoms with Crippen molar-refractivity contribution in [3.05, 3.63) is 54.6 Å². The van der Waals surface area contributed by atoms with Gasteiger partial charge >= 0.3 is 0 Å². The van der Waals surface area contributed by atoms with Crippen LogP contribution < -0.4 is 9.46 Å². The predicted molar refractivity (Wildman–Crippen MR) is 93.8 cm³/mol. The molecule has 0 aliphatic heterocycles. The molecule has 1 aliphatic carbocycles. The number of hydrogen-bond donors (Lipinski definition) is 2. The number of aliphatic hydroxyl groups excluding tert-OH is 1. The van der Waals surface area contributed by atoms with Crippen LogP contribution in [0.5, 0.6) is 11.5 Å². The van der Waals surface area contributed by atoms with Crippen LogP contribution in [0.15, 0.2) is 54.6 Å². The van der Waals surface area contributed by atoms with Gasteiger partial charge in [0.2, 0.25) is 10.0 Å². The van der Waals surface area contributed by atoms with Gasteiger partial charge in [-0.2, -0.15) is 0 Å². The average molecular weight is 347 g/mol. The van der Waals surface area contributed by atoms with Crippen molar-refractivity contribution in [2.45, 2.75) is 37.0 Å². The zero-order valence-corrected chi connectivity index (χ0v) is 14.1. The Balaban J connectivity index is 1.67. The average Bonchev–Trinajstić information content (AvgIpc) is 2.58. The molecule has 2 N–H and O–H groups in total. The summed E-state index contributed by atoms with van der Waals surface area (Å²) >= 11 is 0. The van der Waals surface area contributed by atoms with Crippen molar-refractivity contribution in [1.29, 1.82) is 0 Å². The standard InChI is InChI=1S/C18H21NO4S/c20-17-8-4-5-9-18(17)24(21,22)19-14-10-12-16(13-11-14)23-15-6-2-1-3-7-15/h1-3,6-7,10-13,17-20H,4-5,8-9H2. The zero-order valence-electron chi connectivity index (χ0n) is 13.3. The molecule has 3 rings (SSSR count). The molecule has 1 aliphatic rings. The lowest BCUT2D eigenvalue weighted by Crippen LogP contribution is -2.40. The Labute approximate surface area is 142 Å². The molecular formula is C18H21NO4S. The number of hydrogen-bond acceptors (Lipinski definition) is 4. The Bertz CT molecular complexity index is 759. The molecule has 2 unspecified atom stereocenters. The Morgan fingerprint density at radius 3 is 2.21 bits per heavy atom. The van der Waals surface area contributed by atoms with Gasteiger partial charge in [-0.1, -0.05) is 31.0 Å². The van der Waals surface area contributed by atoms with Gasteiger partial charge in [-0.25, -0.2) is 8.42 Å². The molecule has 0 aromatic heterocycles. The van der Waals surface area contributed by atoms with Gasteiger partial charge in [-0.05, 0) is 49.2 Å². The molecule has 24 heavy (non-hydrogen) atoms. The van der Waals surface area contributed by atoms with Gasteiger partial charge in [-0.15, -0.1) is 0 Å². The smallest absolute Gasteiger partial charge is 0.238 e. The van der Waals surface area contributed by atoms with E-state index in [1.54, 1.807) is 24.3 Å². The summed E-state index contributed by atoms with van der Waals surface area (Å²) in [6.07, 6.45) is 1.93. The molecule has 2 aromatic rings. The highest BCUT2D eigenvalue weighted by Gasteiger charge is 2.34. The first-order valence-corrected chi connectivity index (χ1v) is 9.62. The summed E-state index contributed by atoms with van der Waals surface area (Å²) in [5.41, 5.74) is 0.466. The fraction of sp³-hybridized carbons (Fsp3) is 0.333. The Morgan fingerprint density at radius 2 is 1.54 bits per heavy atom. The van der Waals surface area contributed by atoms with Gasteiger partial charge in [-0.3, -0.25) is 4.72 Å². The van der Waals surface area contributed by atoms with Crippen molar-refractivity contribution in [2.75, 3.05) is 4.72 Å². The summed E-state index contributed by atoms with van der Waals surface area (Å²) in [5, 5.41) is 9.21. The Morgan fingerprint density at radius 1 is 0.917 bits per heavy atom. The summed E-state index contributed by atoms with van der Waals surface area (Å²) in [6.45, 7) is 0. The second-order valence-electron chi connectivity index (χ2n) is 5.98. The second-order valence-corrected chi connectivity index (χ2v) is 7.88. The van der Waals surface area contributed by atoms with Crippen molar-refractivity contribution in [3.63, 3.8) is 0 Å². The van der Waals surface area contributed by atoms with Gasteiger partial charge in [0.1, 0.15) is 16.7 Å². The fourth-order valence-corrected chi connectivity index (χ4v) is 4.54. The molecule has 1 saturated carbocycles. The van der Waals surface area contributed by atoms with Crippen molar-refractivity contribution in [1.82, 2.24) is 0 Å². The van der Waals surface area contributed by atoms with E-state index in [2.05, 4.69) is 4.72 Å². The van der Waals surface area contributed by atoms with Crippen molar-refractivity contribution < 1.29 is 18.3 Å². The summed E-state index contributed by atoms with van der Waals surface area (Å²) in [4.78, 5) is 0. The monoisotopic (exact) mass is 347 g/mol. The maximum atomic E-state index is 12.4. The summed E-state index contributed by atoms with van der Waals surface area (Å²) in [6, 6.07) is 16.1. The van der Waals surface area contributed by atoms with E-state index in [1.807, 2.05) is 30.3 Å². The molecule has 0 bridgehead atoms. The number of sulfonamides is 1. The SMILES string of the molecule is O=S(=O)(Nc1ccc(Oc2ccccc2)cc1)C1CCCCC1O. The highest BCUT2D eigenvalue weighted by molar-refractivity contribution is 7.93. The van der Waals surface area contributed by atoms with Crippen LogP contribution in [-0.4, -0.2) is 24.9 Å². The van der Waals surface area contributed by atoms with E-state index in [0.717, 1.165) is 18.6 Å². The first-order chi connectivity index (χ1) is 11.5. The largest absolute Gasteiger partial charge is 0.457 e. The highest BCUT2D eigenvalue weighted by Crippen LogP contribution is 2.27. The van der Waals surface area contributed by atoms with Crippen LogP contribution in [-0.2, 0) is 10.0 Å². The molecule has 6 heteroatoms. The lowest BCUT2D eigenvalue weighted by molar-refractivity contribution is 0.133. The van der Waals surface area contributed by atoms with Crippen LogP contribution in [0.25, 0.3) is 0 Å². The number of nitrogens with one attached hydrogen (secondary N) is 1. The van der Waals surface area contributed by atoms with Crippen LogP contribution in [0.3, 0.4) is 0 Å². The molecule has 0 spiro atoms. The molecule has 0 amide bonds. The van der Waals surface area contributed by atoms with Crippen LogP contribution in [0.2, 0.25) is 0 Å². The molecule has 2 aromatic carbocycles. The van der Waals surface area contributed by atoms with Gasteiger partial charge in [0.05, 0.1) is 6.10 Å². The normalized spacial score (nSPS) is 21.2. The number of aliphatic hydroxyl groups is 1. The third kappa shape index (κ3) is 4.07. The first kappa shape index (κ1) is 16.8. The second kappa shape index (κ2) is 7.23. The lowest BCUT2D eigenvalue weighted by atomic mass is 9.97. The van der Waals surface area contributed by atoms with Gasteiger partial charge in [0, 0.05) is 5.69 Å². The fourth-order valence-electron chi connectivity index (χ4n) is 2.89. The van der Waals surface area contributed by atoms with Gasteiger partial charge in [0.15, 0.2) is 0 Å². The van der Waals surface area contributed by atoms with E-state index in [0.29, 0.717) is 24.3 Å². The van der Waals surface area contributed by atoms with E-state index in [-0.39, 0.29) is 0 Å². The van der Waals surface area contributed by atoms with Gasteiger partial charge < -0.3 is 9.84 Å². The highest BCUT2D eigenvalue weighted by atomic mass is 32.2. The van der Waals surface area contributed by atoms with E-state index in [9.17, 15) is 13.5 Å². The molecule has 2 atom stereocenters. The molecule has 5 nitrogen and oxygen atoms in total. The van der Waals surface area contributed by atoms with E-state index in [4.69, 9.17) is 4.74 Å². The van der Waals surface area contributed by atoms with Crippen molar-refractivity contribution in [2.24, 2.45) is 0 Å². The third-order valence-corrected chi connectivity index (χ3v) is 6.03. The number of para-hydroxylation sites is 1. The topological polar surface area (TPSA) is 75.6 Å². The van der Waals surface area contributed by atoms with E-state index < -0.39 is 21.4 Å². The van der Waals surface area contributed by atoms with Crippen molar-refractivity contribution in [3.8, 4) is 11.5 Å². The molecule has 128 valence electrons. The third-order valence-electron chi connectivity index (χ3n) is 4.16. The maximum absolute atomic E-state index is 12.4. The maximum Gasteiger partial charge on any atom is 0.238 e. The molecule has 0 saturated heterocycles. The Hall–Kier alpha value is -2.05. The van der Waals surface area contributed by atoms with Crippen LogP contribution >= 0.6 is 0 Å². The van der Waals surface area contributed by atoms with Crippen molar-refractivity contribution >= 4 is 15.7 Å². The summed E-state index contributed by atoms with van der Waals surface area (Å²) in [7, 11) is -3.60. The van der Waals surface area contributed by atoms with E-state index >= 15 is 0 Å². The van der Waals surface area contributed by atoms with Crippen LogP contribution in [0.4, 0.5) is 5.69 Å². The molecule has 1 fully saturated rings. The van der Waals surface area contributed by atoms with Crippen LogP contribution in [0.1, 0.15) is 25.7 Å². The first-order valence-electron chi connectivity index (χ1n) is 8.07. The molecular weight excluding hydrogens is 326 g/mol. The summed E-state index contributed by atoms with van der Waals surface area (Å²) < 4.78 is 33.1. The predicted octanol–water partition coefficient (Wildman–Crippen LogP) is 3.52. The number of anilines is 1. The minimum absolute atomic E-state index is 0.466. The number of rotatable bonds is 5. The lowest BCUT2D eigenvalue weighted by Gasteiger charge is -2.27. The molecule has 0 radical (unpaired) electrons. The Kier molecular flexibility index (Phi) is 5.06. The minimum Gasteiger partial charge on any atom is -0.457 e. The van der Waals surface area contributed by atoms with Gasteiger partial charge in [0.25, 0.3) is 0 Å².